The molecule has 4 saturated carbocycles. The number of halogens is 2. The molecule has 1 N–H and O–H groups in total. The number of benzene rings is 2. The summed E-state index contributed by atoms with van der Waals surface area (Å²) in [5.41, 5.74) is 12.0. The van der Waals surface area contributed by atoms with Crippen LogP contribution >= 0.6 is 17.0 Å². The number of hydrogen-bond acceptors (Lipinski definition) is 2. The Morgan fingerprint density at radius 1 is 0.589 bits per heavy atom. The maximum Gasteiger partial charge on any atom is 0 e. The second kappa shape index (κ2) is 30.7. The van der Waals surface area contributed by atoms with Gasteiger partial charge in [-0.05, 0) is 102 Å². The molecule has 0 saturated heterocycles. The van der Waals surface area contributed by atoms with Crippen LogP contribution in [0.3, 0.4) is 0 Å². The van der Waals surface area contributed by atoms with Crippen LogP contribution in [0.4, 0.5) is 11.4 Å². The Hall–Kier alpha value is 0.740. The molecule has 56 heavy (non-hydrogen) atoms. The van der Waals surface area contributed by atoms with E-state index in [-0.39, 0.29) is 55.9 Å². The van der Waals surface area contributed by atoms with Crippen molar-refractivity contribution in [3.8, 4) is 0 Å². The standard InChI is InChI=1S/C22H31N3.C20H38OSi2.4CH3.2ClH.2Zr/c1-15-11-17(3)21(18(4)12-15)24-9-7-23-8-10-25-22-19(5)13-16(2)14-20(22)6;1-22(19-13-11-15-7-3-5-9-17(15)19)21-23(2)20-14-12-16-8-4-6-10-18(16)20;;;;;;;;/h11-14,23H,7-10H2,1-6H3;15-20,22-23H,3-14H2,1-2H3;4*1H3;2*1H;;/q-2;;4*-1;;;;+4/p-2. The first-order valence-corrected chi connectivity index (χ1v) is 31.3. The number of hydrogen-bond donors (Lipinski definition) is 1. The van der Waals surface area contributed by atoms with Gasteiger partial charge in [0.1, 0.15) is 0 Å². The number of rotatable bonds is 12. The Morgan fingerprint density at radius 3 is 1.25 bits per heavy atom. The van der Waals surface area contributed by atoms with E-state index < -0.39 is 38.9 Å². The molecular weight excluding hydrogens is 920 g/mol. The smallest absolute Gasteiger partial charge is 0 e. The molecule has 0 radical (unpaired) electrons. The molecule has 0 bridgehead atoms. The van der Waals surface area contributed by atoms with Crippen molar-refractivity contribution in [2.45, 2.75) is 143 Å². The van der Waals surface area contributed by atoms with Crippen molar-refractivity contribution < 1.29 is 51.2 Å². The Bertz CT molecular complexity index is 1210. The topological polar surface area (TPSA) is 49.5 Å². The summed E-state index contributed by atoms with van der Waals surface area (Å²) in [6.07, 6.45) is 18.4. The zero-order valence-electron chi connectivity index (χ0n) is 37.8. The summed E-state index contributed by atoms with van der Waals surface area (Å²) in [5.74, 6) is 4.35. The summed E-state index contributed by atoms with van der Waals surface area (Å²) >= 11 is -0.826. The van der Waals surface area contributed by atoms with Gasteiger partial charge in [0, 0.05) is 26.2 Å². The zero-order chi connectivity index (χ0) is 36.9. The maximum atomic E-state index is 6.99. The fourth-order valence-corrected chi connectivity index (χ4v) is 18.8. The van der Waals surface area contributed by atoms with Crippen molar-refractivity contribution >= 4 is 46.5 Å². The zero-order valence-corrected chi connectivity index (χ0v) is 46.5. The molecule has 2 aromatic rings. The van der Waals surface area contributed by atoms with Gasteiger partial charge in [-0.15, -0.1) is 24.5 Å². The average molecular weight is 1000 g/mol. The minimum absolute atomic E-state index is 0. The van der Waals surface area contributed by atoms with Crippen molar-refractivity contribution in [3.63, 3.8) is 0 Å². The van der Waals surface area contributed by atoms with Gasteiger partial charge in [-0.25, -0.2) is 0 Å². The average Bonchev–Trinajstić information content (AvgIpc) is 3.72. The third-order valence-electron chi connectivity index (χ3n) is 12.8. The summed E-state index contributed by atoms with van der Waals surface area (Å²) in [6.45, 7) is 21.3. The Balaban J connectivity index is 0. The van der Waals surface area contributed by atoms with Gasteiger partial charge in [0.15, 0.2) is 18.1 Å². The first-order chi connectivity index (χ1) is 24.5. The predicted octanol–water partition coefficient (Wildman–Crippen LogP) is 14.7. The van der Waals surface area contributed by atoms with Crippen LogP contribution in [-0.2, 0) is 51.2 Å². The van der Waals surface area contributed by atoms with Crippen LogP contribution in [0.2, 0.25) is 24.2 Å². The molecule has 2 aromatic carbocycles. The number of aryl methyl sites for hydroxylation is 6. The third-order valence-corrected chi connectivity index (χ3v) is 20.3. The monoisotopic (exact) mass is 997 g/mol. The normalized spacial score (nSPS) is 24.0. The largest absolute Gasteiger partial charge is 0 e. The van der Waals surface area contributed by atoms with E-state index >= 15 is 0 Å². The molecule has 0 aromatic heterocycles. The maximum absolute atomic E-state index is 6.99. The summed E-state index contributed by atoms with van der Waals surface area (Å²) < 4.78 is 6.99. The summed E-state index contributed by atoms with van der Waals surface area (Å²) in [7, 11) is 7.97. The van der Waals surface area contributed by atoms with Crippen LogP contribution in [0.15, 0.2) is 24.3 Å². The molecule has 4 nitrogen and oxygen atoms in total. The molecule has 0 spiro atoms. The third kappa shape index (κ3) is 17.6. The van der Waals surface area contributed by atoms with E-state index in [1.165, 1.54) is 71.9 Å². The summed E-state index contributed by atoms with van der Waals surface area (Å²) in [5, 5.41) is 12.9. The van der Waals surface area contributed by atoms with Crippen LogP contribution < -0.4 is 5.32 Å². The molecule has 8 unspecified atom stereocenters. The van der Waals surface area contributed by atoms with E-state index in [0.717, 1.165) is 72.3 Å². The molecule has 8 atom stereocenters. The van der Waals surface area contributed by atoms with Crippen LogP contribution in [0.5, 0.6) is 0 Å². The molecule has 4 aliphatic carbocycles. The fourth-order valence-electron chi connectivity index (χ4n) is 10.7. The molecule has 320 valence electrons. The van der Waals surface area contributed by atoms with Gasteiger partial charge in [0.2, 0.25) is 0 Å². The minimum atomic E-state index is -0.951. The fraction of sp³-hybridized carbons (Fsp3) is 0.652. The number of nitrogens with one attached hydrogen (secondary N) is 1. The summed E-state index contributed by atoms with van der Waals surface area (Å²) in [4.78, 5) is 0. The number of fused-ring (bicyclic) bond motifs is 2. The van der Waals surface area contributed by atoms with Gasteiger partial charge in [-0.2, -0.15) is 0 Å². The van der Waals surface area contributed by atoms with Crippen molar-refractivity contribution in [2.75, 3.05) is 26.2 Å². The molecule has 0 heterocycles. The van der Waals surface area contributed by atoms with E-state index in [1.807, 2.05) is 0 Å². The van der Waals surface area contributed by atoms with Crippen LogP contribution in [0.25, 0.3) is 10.6 Å². The van der Waals surface area contributed by atoms with Gasteiger partial charge in [0.05, 0.1) is 0 Å². The van der Waals surface area contributed by atoms with Crippen molar-refractivity contribution in [1.82, 2.24) is 5.32 Å². The summed E-state index contributed by atoms with van der Waals surface area (Å²) in [6, 6.07) is 8.80. The molecule has 6 rings (SSSR count). The Morgan fingerprint density at radius 2 is 0.911 bits per heavy atom. The predicted molar refractivity (Wildman–Crippen MR) is 251 cm³/mol. The molecule has 10 heteroatoms. The Labute approximate surface area is 390 Å². The minimum Gasteiger partial charge on any atom is 0 e. The van der Waals surface area contributed by atoms with E-state index in [4.69, 9.17) is 31.8 Å². The van der Waals surface area contributed by atoms with Gasteiger partial charge in [0.25, 0.3) is 0 Å². The second-order valence-electron chi connectivity index (χ2n) is 16.5. The van der Waals surface area contributed by atoms with Crippen molar-refractivity contribution in [3.05, 3.63) is 98.0 Å². The second-order valence-corrected chi connectivity index (χ2v) is 25.9. The van der Waals surface area contributed by atoms with Crippen LogP contribution in [-0.4, -0.2) is 44.3 Å². The van der Waals surface area contributed by atoms with E-state index in [2.05, 4.69) is 84.2 Å². The number of nitrogens with zero attached hydrogens (tertiary/aromatic N) is 2. The van der Waals surface area contributed by atoms with E-state index in [0.29, 0.717) is 0 Å². The SMILES string of the molecule is C[SiH](O[SiH](C)C1CCC2CCCCC21)C1CCC2CCCCC21.Cc1cc(C)c([N-]CCNCC[N-]c2c(C)cc(C)cc2C)c(C)c1.[CH3-].[CH3-].[CH3-].[CH3-].[Cl][Zr+2][Cl].[Zr]. The van der Waals surface area contributed by atoms with Gasteiger partial charge in [-0.3, -0.25) is 0 Å². The van der Waals surface area contributed by atoms with Gasteiger partial charge < -0.3 is 49.8 Å². The van der Waals surface area contributed by atoms with Crippen molar-refractivity contribution in [2.24, 2.45) is 23.7 Å². The molecule has 4 aliphatic rings. The molecule has 4 fully saturated rings. The molecule has 0 aliphatic heterocycles. The van der Waals surface area contributed by atoms with Crippen LogP contribution in [0, 0.1) is 94.9 Å². The van der Waals surface area contributed by atoms with Crippen LogP contribution in [0.1, 0.15) is 110 Å². The molecular formula is C46H81Cl2N3OSi2Zr2-4. The molecule has 0 amide bonds. The van der Waals surface area contributed by atoms with Crippen molar-refractivity contribution in [1.29, 1.82) is 0 Å². The van der Waals surface area contributed by atoms with Gasteiger partial charge in [-0.1, -0.05) is 135 Å². The van der Waals surface area contributed by atoms with Gasteiger partial charge >= 0.3 is 37.9 Å². The quantitative estimate of drug-likeness (QED) is 0.131. The van der Waals surface area contributed by atoms with E-state index in [1.54, 1.807) is 38.5 Å². The first-order valence-electron chi connectivity index (χ1n) is 20.4. The van der Waals surface area contributed by atoms with E-state index in [9.17, 15) is 0 Å². The Kier molecular flexibility index (Phi) is 32.3. The first kappa shape index (κ1) is 58.8.